The maximum atomic E-state index is 12.2. The molecular weight excluding hydrogens is 294 g/mol. The molecule has 0 atom stereocenters. The summed E-state index contributed by atoms with van der Waals surface area (Å²) in [6.07, 6.45) is 0. The van der Waals surface area contributed by atoms with Crippen LogP contribution in [0.2, 0.25) is 0 Å². The van der Waals surface area contributed by atoms with E-state index in [1.54, 1.807) is 4.31 Å². The first-order valence-electron chi connectivity index (χ1n) is 6.62. The number of nitrogens with zero attached hydrogens (tertiary/aromatic N) is 2. The lowest BCUT2D eigenvalue weighted by Crippen LogP contribution is -2.47. The summed E-state index contributed by atoms with van der Waals surface area (Å²) in [5.74, 6) is 0.730. The molecule has 1 fully saturated rings. The molecule has 1 saturated heterocycles. The summed E-state index contributed by atoms with van der Waals surface area (Å²) in [6.45, 7) is 2.81. The van der Waals surface area contributed by atoms with E-state index in [0.29, 0.717) is 24.5 Å². The minimum absolute atomic E-state index is 0.177. The molecule has 1 aliphatic heterocycles. The highest BCUT2D eigenvalue weighted by molar-refractivity contribution is 8.00. The van der Waals surface area contributed by atoms with Gasteiger partial charge in [0.25, 0.3) is 0 Å². The molecule has 0 unspecified atom stereocenters. The fourth-order valence-corrected chi connectivity index (χ4v) is 4.85. The van der Waals surface area contributed by atoms with Crippen molar-refractivity contribution in [3.63, 3.8) is 0 Å². The summed E-state index contributed by atoms with van der Waals surface area (Å²) in [7, 11) is -1.12. The Hall–Kier alpha value is -0.760. The van der Waals surface area contributed by atoms with E-state index in [1.165, 1.54) is 11.8 Å². The van der Waals surface area contributed by atoms with E-state index in [2.05, 4.69) is 4.90 Å². The molecule has 112 valence electrons. The molecule has 0 saturated carbocycles. The average Bonchev–Trinajstić information content (AvgIpc) is 2.39. The van der Waals surface area contributed by atoms with Crippen molar-refractivity contribution in [1.82, 2.24) is 9.21 Å². The van der Waals surface area contributed by atoms with Crippen molar-refractivity contribution in [2.24, 2.45) is 0 Å². The molecule has 1 aromatic rings. The van der Waals surface area contributed by atoms with Crippen molar-refractivity contribution in [1.29, 1.82) is 0 Å². The molecule has 2 rings (SSSR count). The highest BCUT2D eigenvalue weighted by atomic mass is 32.2. The molecule has 1 aliphatic rings. The molecule has 1 aromatic carbocycles. The van der Waals surface area contributed by atoms with Gasteiger partial charge in [0, 0.05) is 42.5 Å². The quantitative estimate of drug-likeness (QED) is 0.647. The van der Waals surface area contributed by atoms with Gasteiger partial charge >= 0.3 is 0 Å². The molecule has 1 heterocycles. The number of sulfonamides is 1. The maximum Gasteiger partial charge on any atom is 0.215 e. The molecule has 20 heavy (non-hydrogen) atoms. The zero-order valence-corrected chi connectivity index (χ0v) is 13.3. The number of nitrogen functional groups attached to an aromatic ring is 1. The summed E-state index contributed by atoms with van der Waals surface area (Å²) in [5, 5.41) is 0. The number of hydrogen-bond acceptors (Lipinski definition) is 5. The Morgan fingerprint density at radius 1 is 1.25 bits per heavy atom. The largest absolute Gasteiger partial charge is 0.399 e. The minimum Gasteiger partial charge on any atom is -0.399 e. The standard InChI is InChI=1S/C13H21N3O2S2/c1-15-5-7-16(8-6-15)20(17,18)10-9-19-13-4-2-3-12(14)11-13/h2-4,11H,5-10,14H2,1H3. The molecular formula is C13H21N3O2S2. The van der Waals surface area contributed by atoms with Crippen LogP contribution in [0.3, 0.4) is 0 Å². The second kappa shape index (κ2) is 6.80. The van der Waals surface area contributed by atoms with Gasteiger partial charge in [0.15, 0.2) is 0 Å². The molecule has 2 N–H and O–H groups in total. The van der Waals surface area contributed by atoms with Crippen molar-refractivity contribution in [2.45, 2.75) is 4.90 Å². The predicted octanol–water partition coefficient (Wildman–Crippen LogP) is 0.938. The lowest BCUT2D eigenvalue weighted by Gasteiger charge is -2.31. The Morgan fingerprint density at radius 3 is 2.60 bits per heavy atom. The third-order valence-corrected chi connectivity index (χ3v) is 6.45. The van der Waals surface area contributed by atoms with Gasteiger partial charge in [-0.2, -0.15) is 4.31 Å². The van der Waals surface area contributed by atoms with Crippen LogP contribution in [-0.2, 0) is 10.0 Å². The summed E-state index contributed by atoms with van der Waals surface area (Å²) >= 11 is 1.53. The summed E-state index contributed by atoms with van der Waals surface area (Å²) < 4.78 is 26.0. The molecule has 5 nitrogen and oxygen atoms in total. The van der Waals surface area contributed by atoms with Gasteiger partial charge in [-0.05, 0) is 25.2 Å². The van der Waals surface area contributed by atoms with Crippen molar-refractivity contribution < 1.29 is 8.42 Å². The normalized spacial score (nSPS) is 18.2. The fourth-order valence-electron chi connectivity index (χ4n) is 2.06. The van der Waals surface area contributed by atoms with Crippen LogP contribution in [0.1, 0.15) is 0 Å². The van der Waals surface area contributed by atoms with Gasteiger partial charge in [0.1, 0.15) is 0 Å². The fraction of sp³-hybridized carbons (Fsp3) is 0.538. The van der Waals surface area contributed by atoms with Crippen LogP contribution in [0.15, 0.2) is 29.2 Å². The Balaban J connectivity index is 1.83. The third-order valence-electron chi connectivity index (χ3n) is 3.32. The number of piperazine rings is 1. The highest BCUT2D eigenvalue weighted by Crippen LogP contribution is 2.21. The maximum absolute atomic E-state index is 12.2. The van der Waals surface area contributed by atoms with Crippen LogP contribution in [0, 0.1) is 0 Å². The van der Waals surface area contributed by atoms with Gasteiger partial charge in [-0.1, -0.05) is 6.07 Å². The van der Waals surface area contributed by atoms with E-state index < -0.39 is 10.0 Å². The van der Waals surface area contributed by atoms with E-state index in [0.717, 1.165) is 18.0 Å². The van der Waals surface area contributed by atoms with Crippen molar-refractivity contribution in [2.75, 3.05) is 50.5 Å². The van der Waals surface area contributed by atoms with Crippen LogP contribution in [0.25, 0.3) is 0 Å². The second-order valence-electron chi connectivity index (χ2n) is 4.94. The van der Waals surface area contributed by atoms with Gasteiger partial charge in [-0.3, -0.25) is 0 Å². The van der Waals surface area contributed by atoms with Gasteiger partial charge in [-0.25, -0.2) is 8.42 Å². The number of thioether (sulfide) groups is 1. The lowest BCUT2D eigenvalue weighted by atomic mass is 10.3. The van der Waals surface area contributed by atoms with E-state index in [-0.39, 0.29) is 5.75 Å². The SMILES string of the molecule is CN1CCN(S(=O)(=O)CCSc2cccc(N)c2)CC1. The zero-order chi connectivity index (χ0) is 14.6. The number of hydrogen-bond donors (Lipinski definition) is 1. The number of likely N-dealkylation sites (N-methyl/N-ethyl adjacent to an activating group) is 1. The second-order valence-corrected chi connectivity index (χ2v) is 8.20. The first-order chi connectivity index (χ1) is 9.47. The molecule has 0 radical (unpaired) electrons. The zero-order valence-electron chi connectivity index (χ0n) is 11.7. The van der Waals surface area contributed by atoms with Crippen LogP contribution in [0.4, 0.5) is 5.69 Å². The Bertz CT molecular complexity index is 540. The first kappa shape index (κ1) is 15.6. The van der Waals surface area contributed by atoms with Crippen molar-refractivity contribution in [3.05, 3.63) is 24.3 Å². The average molecular weight is 315 g/mol. The molecule has 0 aliphatic carbocycles. The predicted molar refractivity (Wildman–Crippen MR) is 84.4 cm³/mol. The Kier molecular flexibility index (Phi) is 5.31. The lowest BCUT2D eigenvalue weighted by molar-refractivity contribution is 0.222. The first-order valence-corrected chi connectivity index (χ1v) is 9.21. The van der Waals surface area contributed by atoms with Crippen LogP contribution in [-0.4, -0.2) is 62.4 Å². The van der Waals surface area contributed by atoms with Gasteiger partial charge < -0.3 is 10.6 Å². The number of benzene rings is 1. The molecule has 0 spiro atoms. The number of anilines is 1. The van der Waals surface area contributed by atoms with E-state index in [1.807, 2.05) is 31.3 Å². The topological polar surface area (TPSA) is 66.6 Å². The van der Waals surface area contributed by atoms with Crippen LogP contribution in [0.5, 0.6) is 0 Å². The van der Waals surface area contributed by atoms with Crippen molar-refractivity contribution in [3.8, 4) is 0 Å². The highest BCUT2D eigenvalue weighted by Gasteiger charge is 2.25. The number of rotatable bonds is 5. The molecule has 0 bridgehead atoms. The minimum atomic E-state index is -3.13. The van der Waals surface area contributed by atoms with Gasteiger partial charge in [0.05, 0.1) is 5.75 Å². The summed E-state index contributed by atoms with van der Waals surface area (Å²) in [5.41, 5.74) is 6.41. The smallest absolute Gasteiger partial charge is 0.215 e. The Labute approximate surface area is 125 Å². The van der Waals surface area contributed by atoms with Crippen LogP contribution < -0.4 is 5.73 Å². The van der Waals surface area contributed by atoms with E-state index in [9.17, 15) is 8.42 Å². The molecule has 0 aromatic heterocycles. The van der Waals surface area contributed by atoms with Crippen molar-refractivity contribution >= 4 is 27.5 Å². The summed E-state index contributed by atoms with van der Waals surface area (Å²) in [4.78, 5) is 3.16. The summed E-state index contributed by atoms with van der Waals surface area (Å²) in [6, 6.07) is 7.52. The third kappa shape index (κ3) is 4.37. The molecule has 7 heteroatoms. The molecule has 0 amide bonds. The van der Waals surface area contributed by atoms with Crippen LogP contribution >= 0.6 is 11.8 Å². The monoisotopic (exact) mass is 315 g/mol. The van der Waals surface area contributed by atoms with E-state index >= 15 is 0 Å². The van der Waals surface area contributed by atoms with E-state index in [4.69, 9.17) is 5.73 Å². The number of nitrogens with two attached hydrogens (primary N) is 1. The van der Waals surface area contributed by atoms with Gasteiger partial charge in [0.2, 0.25) is 10.0 Å². The van der Waals surface area contributed by atoms with Gasteiger partial charge in [-0.15, -0.1) is 11.8 Å². The Morgan fingerprint density at radius 2 is 1.95 bits per heavy atom.